The van der Waals surface area contributed by atoms with Gasteiger partial charge < -0.3 is 9.72 Å². The molecule has 0 aliphatic heterocycles. The Hall–Kier alpha value is -2.10. The van der Waals surface area contributed by atoms with Gasteiger partial charge in [-0.05, 0) is 5.56 Å². The molecule has 15 heavy (non-hydrogen) atoms. The summed E-state index contributed by atoms with van der Waals surface area (Å²) in [5, 5.41) is 0. The maximum atomic E-state index is 11.2. The fourth-order valence-electron chi connectivity index (χ4n) is 1.17. The average Bonchev–Trinajstić information content (AvgIpc) is 2.29. The molecule has 0 aliphatic rings. The minimum absolute atomic E-state index is 0.237. The van der Waals surface area contributed by atoms with Crippen LogP contribution in [0.1, 0.15) is 5.56 Å². The molecular formula is C11H10N2O2. The number of nitrogens with zero attached hydrogens (tertiary/aromatic N) is 1. The molecule has 0 unspecified atom stereocenters. The lowest BCUT2D eigenvalue weighted by atomic mass is 10.2. The largest absolute Gasteiger partial charge is 0.482 e. The van der Waals surface area contributed by atoms with Gasteiger partial charge in [0.25, 0.3) is 0 Å². The predicted molar refractivity (Wildman–Crippen MR) is 55.6 cm³/mol. The van der Waals surface area contributed by atoms with Gasteiger partial charge in [0.15, 0.2) is 0 Å². The van der Waals surface area contributed by atoms with Crippen molar-refractivity contribution in [3.05, 3.63) is 58.8 Å². The topological polar surface area (TPSA) is 55.0 Å². The van der Waals surface area contributed by atoms with Gasteiger partial charge in [-0.25, -0.2) is 0 Å². The van der Waals surface area contributed by atoms with Crippen LogP contribution in [0.25, 0.3) is 0 Å². The third-order valence-corrected chi connectivity index (χ3v) is 1.92. The number of hydrogen-bond donors (Lipinski definition) is 1. The van der Waals surface area contributed by atoms with Crippen molar-refractivity contribution in [1.82, 2.24) is 9.97 Å². The number of hydrogen-bond acceptors (Lipinski definition) is 3. The van der Waals surface area contributed by atoms with E-state index in [9.17, 15) is 4.79 Å². The lowest BCUT2D eigenvalue weighted by Gasteiger charge is -2.03. The summed E-state index contributed by atoms with van der Waals surface area (Å²) < 4.78 is 5.32. The van der Waals surface area contributed by atoms with Crippen molar-refractivity contribution < 1.29 is 4.74 Å². The number of H-pyrrole nitrogens is 1. The van der Waals surface area contributed by atoms with Gasteiger partial charge in [-0.1, -0.05) is 30.3 Å². The zero-order valence-corrected chi connectivity index (χ0v) is 8.01. The number of aromatic nitrogens is 2. The monoisotopic (exact) mass is 202 g/mol. The predicted octanol–water partition coefficient (Wildman–Crippen LogP) is 1.35. The highest BCUT2D eigenvalue weighted by Crippen LogP contribution is 2.04. The number of benzene rings is 1. The second-order valence-electron chi connectivity index (χ2n) is 3.01. The minimum Gasteiger partial charge on any atom is -0.482 e. The smallest absolute Gasteiger partial charge is 0.314 e. The molecule has 0 saturated heterocycles. The third-order valence-electron chi connectivity index (χ3n) is 1.92. The number of rotatable bonds is 3. The van der Waals surface area contributed by atoms with E-state index in [0.29, 0.717) is 6.61 Å². The molecule has 1 aromatic carbocycles. The Kier molecular flexibility index (Phi) is 2.78. The molecule has 2 rings (SSSR count). The molecule has 0 amide bonds. The second-order valence-corrected chi connectivity index (χ2v) is 3.01. The molecule has 0 saturated carbocycles. The van der Waals surface area contributed by atoms with Crippen LogP contribution in [-0.2, 0) is 6.61 Å². The maximum absolute atomic E-state index is 11.2. The molecule has 0 aliphatic carbocycles. The molecule has 0 bridgehead atoms. The van der Waals surface area contributed by atoms with Crippen molar-refractivity contribution in [2.24, 2.45) is 0 Å². The minimum atomic E-state index is -0.357. The molecule has 0 atom stereocenters. The zero-order chi connectivity index (χ0) is 10.5. The fourth-order valence-corrected chi connectivity index (χ4v) is 1.17. The highest BCUT2D eigenvalue weighted by Gasteiger charge is 1.99. The molecule has 1 N–H and O–H groups in total. The zero-order valence-electron chi connectivity index (χ0n) is 8.01. The van der Waals surface area contributed by atoms with Gasteiger partial charge >= 0.3 is 5.56 Å². The van der Waals surface area contributed by atoms with E-state index >= 15 is 0 Å². The molecule has 2 aromatic rings. The summed E-state index contributed by atoms with van der Waals surface area (Å²) in [6.45, 7) is 0.371. The Bertz CT molecular complexity index is 479. The first kappa shape index (κ1) is 9.45. The summed E-state index contributed by atoms with van der Waals surface area (Å²) in [5.41, 5.74) is 0.658. The lowest BCUT2D eigenvalue weighted by Crippen LogP contribution is -2.10. The summed E-state index contributed by atoms with van der Waals surface area (Å²) in [5.74, 6) is 0.237. The van der Waals surface area contributed by atoms with Crippen molar-refractivity contribution in [3.8, 4) is 5.75 Å². The first-order valence-corrected chi connectivity index (χ1v) is 4.56. The Balaban J connectivity index is 2.06. The lowest BCUT2D eigenvalue weighted by molar-refractivity contribution is 0.300. The molecule has 0 fully saturated rings. The number of ether oxygens (including phenoxy) is 1. The van der Waals surface area contributed by atoms with E-state index in [2.05, 4.69) is 9.97 Å². The molecule has 4 heteroatoms. The SMILES string of the molecule is O=c1nc[nH]cc1OCc1ccccc1. The van der Waals surface area contributed by atoms with Crippen LogP contribution in [-0.4, -0.2) is 9.97 Å². The number of nitrogens with one attached hydrogen (secondary N) is 1. The van der Waals surface area contributed by atoms with Crippen molar-refractivity contribution in [3.63, 3.8) is 0 Å². The summed E-state index contributed by atoms with van der Waals surface area (Å²) in [7, 11) is 0. The molecule has 0 spiro atoms. The van der Waals surface area contributed by atoms with Crippen molar-refractivity contribution in [2.45, 2.75) is 6.61 Å². The number of aromatic amines is 1. The first-order chi connectivity index (χ1) is 7.36. The van der Waals surface area contributed by atoms with Crippen LogP contribution in [0, 0.1) is 0 Å². The maximum Gasteiger partial charge on any atom is 0.314 e. The highest BCUT2D eigenvalue weighted by atomic mass is 16.5. The molecule has 1 aromatic heterocycles. The Labute approximate surface area is 86.6 Å². The van der Waals surface area contributed by atoms with Gasteiger partial charge in [0.1, 0.15) is 6.61 Å². The van der Waals surface area contributed by atoms with Gasteiger partial charge in [0, 0.05) is 0 Å². The van der Waals surface area contributed by atoms with Crippen LogP contribution >= 0.6 is 0 Å². The standard InChI is InChI=1S/C11H10N2O2/c14-11-10(6-12-8-13-11)15-7-9-4-2-1-3-5-9/h1-6,8H,7H2,(H,12,13,14). The first-order valence-electron chi connectivity index (χ1n) is 4.56. The van der Waals surface area contributed by atoms with Gasteiger partial charge in [-0.15, -0.1) is 0 Å². The Morgan fingerprint density at radius 3 is 2.80 bits per heavy atom. The van der Waals surface area contributed by atoms with Gasteiger partial charge in [-0.3, -0.25) is 4.79 Å². The van der Waals surface area contributed by atoms with Crippen LogP contribution < -0.4 is 10.3 Å². The Morgan fingerprint density at radius 1 is 1.27 bits per heavy atom. The van der Waals surface area contributed by atoms with Crippen LogP contribution in [0.15, 0.2) is 47.7 Å². The van der Waals surface area contributed by atoms with Crippen LogP contribution in [0.5, 0.6) is 5.75 Å². The summed E-state index contributed by atoms with van der Waals surface area (Å²) in [4.78, 5) is 17.4. The van der Waals surface area contributed by atoms with Crippen molar-refractivity contribution >= 4 is 0 Å². The van der Waals surface area contributed by atoms with E-state index in [4.69, 9.17) is 4.74 Å². The fraction of sp³-hybridized carbons (Fsp3) is 0.0909. The summed E-state index contributed by atoms with van der Waals surface area (Å²) in [6.07, 6.45) is 2.83. The Morgan fingerprint density at radius 2 is 2.07 bits per heavy atom. The average molecular weight is 202 g/mol. The summed E-state index contributed by atoms with van der Waals surface area (Å²) >= 11 is 0. The van der Waals surface area contributed by atoms with Gasteiger partial charge in [0.2, 0.25) is 5.75 Å². The molecule has 0 radical (unpaired) electrons. The van der Waals surface area contributed by atoms with Crippen LogP contribution in [0.3, 0.4) is 0 Å². The molecular weight excluding hydrogens is 192 g/mol. The van der Waals surface area contributed by atoms with E-state index in [1.54, 1.807) is 0 Å². The molecule has 4 nitrogen and oxygen atoms in total. The van der Waals surface area contributed by atoms with E-state index in [1.165, 1.54) is 12.5 Å². The van der Waals surface area contributed by atoms with Gasteiger partial charge in [0.05, 0.1) is 12.5 Å². The quantitative estimate of drug-likeness (QED) is 0.817. The van der Waals surface area contributed by atoms with Crippen molar-refractivity contribution in [2.75, 3.05) is 0 Å². The van der Waals surface area contributed by atoms with Crippen LogP contribution in [0.2, 0.25) is 0 Å². The summed E-state index contributed by atoms with van der Waals surface area (Å²) in [6, 6.07) is 9.65. The van der Waals surface area contributed by atoms with E-state index < -0.39 is 0 Å². The normalized spacial score (nSPS) is 9.87. The second kappa shape index (κ2) is 4.41. The molecule has 76 valence electrons. The van der Waals surface area contributed by atoms with E-state index in [0.717, 1.165) is 5.56 Å². The van der Waals surface area contributed by atoms with E-state index in [-0.39, 0.29) is 11.3 Å². The van der Waals surface area contributed by atoms with Gasteiger partial charge in [-0.2, -0.15) is 4.98 Å². The molecule has 1 heterocycles. The van der Waals surface area contributed by atoms with Crippen LogP contribution in [0.4, 0.5) is 0 Å². The van der Waals surface area contributed by atoms with Crippen molar-refractivity contribution in [1.29, 1.82) is 0 Å². The van der Waals surface area contributed by atoms with E-state index in [1.807, 2.05) is 30.3 Å². The third kappa shape index (κ3) is 2.43. The highest BCUT2D eigenvalue weighted by molar-refractivity contribution is 5.16.